The van der Waals surface area contributed by atoms with Crippen LogP contribution in [0.25, 0.3) is 0 Å². The number of carbonyl (C=O) groups excluding carboxylic acids is 2. The van der Waals surface area contributed by atoms with Gasteiger partial charge in [0, 0.05) is 19.6 Å². The standard InChI is InChI=1S/C17H25N3O3/c1-17(2,3)12-19-15(21)18-9-10-20-11-14(23-16(20)22)13-7-5-4-6-8-13/h4-8,14H,9-12H2,1-3H3,(H2,18,19,21). The molecule has 0 radical (unpaired) electrons. The molecule has 0 aromatic heterocycles. The van der Waals surface area contributed by atoms with Crippen molar-refractivity contribution in [3.63, 3.8) is 0 Å². The average Bonchev–Trinajstić information content (AvgIpc) is 2.87. The van der Waals surface area contributed by atoms with Gasteiger partial charge in [-0.3, -0.25) is 0 Å². The number of rotatable bonds is 5. The Hall–Kier alpha value is -2.24. The van der Waals surface area contributed by atoms with E-state index in [4.69, 9.17) is 4.74 Å². The van der Waals surface area contributed by atoms with Gasteiger partial charge in [0.15, 0.2) is 0 Å². The van der Waals surface area contributed by atoms with E-state index in [2.05, 4.69) is 31.4 Å². The molecule has 2 rings (SSSR count). The summed E-state index contributed by atoms with van der Waals surface area (Å²) < 4.78 is 5.37. The quantitative estimate of drug-likeness (QED) is 0.876. The van der Waals surface area contributed by atoms with Crippen LogP contribution in [0, 0.1) is 5.41 Å². The molecule has 126 valence electrons. The molecule has 6 nitrogen and oxygen atoms in total. The first-order valence-electron chi connectivity index (χ1n) is 7.87. The number of ether oxygens (including phenoxy) is 1. The second kappa shape index (κ2) is 7.35. The minimum absolute atomic E-state index is 0.0407. The zero-order valence-corrected chi connectivity index (χ0v) is 14.0. The highest BCUT2D eigenvalue weighted by atomic mass is 16.6. The Morgan fingerprint density at radius 2 is 1.96 bits per heavy atom. The fourth-order valence-corrected chi connectivity index (χ4v) is 2.24. The van der Waals surface area contributed by atoms with Crippen molar-refractivity contribution in [2.75, 3.05) is 26.2 Å². The Morgan fingerprint density at radius 3 is 2.61 bits per heavy atom. The summed E-state index contributed by atoms with van der Waals surface area (Å²) in [6.45, 7) is 8.10. The highest BCUT2D eigenvalue weighted by Gasteiger charge is 2.31. The molecular formula is C17H25N3O3. The van der Waals surface area contributed by atoms with Crippen molar-refractivity contribution in [2.24, 2.45) is 5.41 Å². The lowest BCUT2D eigenvalue weighted by Crippen LogP contribution is -2.43. The Morgan fingerprint density at radius 1 is 1.26 bits per heavy atom. The smallest absolute Gasteiger partial charge is 0.410 e. The van der Waals surface area contributed by atoms with Crippen LogP contribution in [0.1, 0.15) is 32.4 Å². The molecule has 1 aliphatic rings. The molecule has 0 spiro atoms. The van der Waals surface area contributed by atoms with E-state index in [1.54, 1.807) is 4.90 Å². The highest BCUT2D eigenvalue weighted by Crippen LogP contribution is 2.25. The van der Waals surface area contributed by atoms with Crippen LogP contribution < -0.4 is 10.6 Å². The Kier molecular flexibility index (Phi) is 5.47. The van der Waals surface area contributed by atoms with E-state index >= 15 is 0 Å². The molecule has 1 aromatic carbocycles. The summed E-state index contributed by atoms with van der Waals surface area (Å²) in [6, 6.07) is 9.45. The van der Waals surface area contributed by atoms with Gasteiger partial charge in [-0.25, -0.2) is 9.59 Å². The number of carbonyl (C=O) groups is 2. The van der Waals surface area contributed by atoms with Crippen molar-refractivity contribution in [2.45, 2.75) is 26.9 Å². The van der Waals surface area contributed by atoms with E-state index in [0.717, 1.165) is 5.56 Å². The SMILES string of the molecule is CC(C)(C)CNC(=O)NCCN1CC(c2ccccc2)OC1=O. The van der Waals surface area contributed by atoms with Gasteiger partial charge in [-0.1, -0.05) is 51.1 Å². The van der Waals surface area contributed by atoms with Crippen molar-refractivity contribution in [3.05, 3.63) is 35.9 Å². The van der Waals surface area contributed by atoms with Gasteiger partial charge in [-0.2, -0.15) is 0 Å². The lowest BCUT2D eigenvalue weighted by atomic mass is 9.97. The first kappa shape index (κ1) is 17.1. The maximum atomic E-state index is 11.9. The summed E-state index contributed by atoms with van der Waals surface area (Å²) in [5.41, 5.74) is 1.03. The second-order valence-electron chi connectivity index (χ2n) is 6.90. The first-order chi connectivity index (χ1) is 10.8. The fraction of sp³-hybridized carbons (Fsp3) is 0.529. The van der Waals surface area contributed by atoms with E-state index in [1.807, 2.05) is 30.3 Å². The third-order valence-corrected chi connectivity index (χ3v) is 3.51. The summed E-state index contributed by atoms with van der Waals surface area (Å²) in [5.74, 6) is 0. The van der Waals surface area contributed by atoms with Gasteiger partial charge in [-0.15, -0.1) is 0 Å². The molecule has 1 aromatic rings. The van der Waals surface area contributed by atoms with Crippen molar-refractivity contribution in [1.29, 1.82) is 0 Å². The third kappa shape index (κ3) is 5.47. The monoisotopic (exact) mass is 319 g/mol. The molecule has 1 unspecified atom stereocenters. The number of benzene rings is 1. The molecule has 3 amide bonds. The number of cyclic esters (lactones) is 1. The Bertz CT molecular complexity index is 540. The number of hydrogen-bond donors (Lipinski definition) is 2. The van der Waals surface area contributed by atoms with Gasteiger partial charge in [0.25, 0.3) is 0 Å². The van der Waals surface area contributed by atoms with Crippen LogP contribution in [0.15, 0.2) is 30.3 Å². The third-order valence-electron chi connectivity index (χ3n) is 3.51. The van der Waals surface area contributed by atoms with Gasteiger partial charge < -0.3 is 20.3 Å². The topological polar surface area (TPSA) is 70.7 Å². The lowest BCUT2D eigenvalue weighted by Gasteiger charge is -2.19. The molecule has 1 saturated heterocycles. The predicted molar refractivity (Wildman–Crippen MR) is 88.1 cm³/mol. The van der Waals surface area contributed by atoms with E-state index in [1.165, 1.54) is 0 Å². The fourth-order valence-electron chi connectivity index (χ4n) is 2.24. The van der Waals surface area contributed by atoms with Gasteiger partial charge in [0.2, 0.25) is 0 Å². The molecule has 23 heavy (non-hydrogen) atoms. The average molecular weight is 319 g/mol. The van der Waals surface area contributed by atoms with Crippen molar-refractivity contribution in [3.8, 4) is 0 Å². The van der Waals surface area contributed by atoms with Crippen molar-refractivity contribution in [1.82, 2.24) is 15.5 Å². The van der Waals surface area contributed by atoms with E-state index in [0.29, 0.717) is 26.2 Å². The molecule has 0 saturated carbocycles. The zero-order chi connectivity index (χ0) is 16.9. The predicted octanol–water partition coefficient (Wildman–Crippen LogP) is 2.53. The van der Waals surface area contributed by atoms with E-state index < -0.39 is 0 Å². The number of urea groups is 1. The van der Waals surface area contributed by atoms with Crippen LogP contribution in [-0.2, 0) is 4.74 Å². The number of hydrogen-bond acceptors (Lipinski definition) is 3. The first-order valence-corrected chi connectivity index (χ1v) is 7.87. The second-order valence-corrected chi connectivity index (χ2v) is 6.90. The van der Waals surface area contributed by atoms with Crippen LogP contribution in [0.2, 0.25) is 0 Å². The maximum absolute atomic E-state index is 11.9. The van der Waals surface area contributed by atoms with Crippen LogP contribution in [0.5, 0.6) is 0 Å². The molecule has 1 fully saturated rings. The maximum Gasteiger partial charge on any atom is 0.410 e. The van der Waals surface area contributed by atoms with Crippen LogP contribution >= 0.6 is 0 Å². The van der Waals surface area contributed by atoms with E-state index in [-0.39, 0.29) is 23.6 Å². The van der Waals surface area contributed by atoms with E-state index in [9.17, 15) is 9.59 Å². The number of nitrogens with one attached hydrogen (secondary N) is 2. The normalized spacial score (nSPS) is 17.8. The lowest BCUT2D eigenvalue weighted by molar-refractivity contribution is 0.133. The Balaban J connectivity index is 1.72. The number of amides is 3. The molecule has 6 heteroatoms. The molecule has 1 atom stereocenters. The van der Waals surface area contributed by atoms with Crippen LogP contribution in [-0.4, -0.2) is 43.2 Å². The van der Waals surface area contributed by atoms with Gasteiger partial charge in [-0.05, 0) is 11.0 Å². The minimum Gasteiger partial charge on any atom is -0.439 e. The largest absolute Gasteiger partial charge is 0.439 e. The molecule has 1 heterocycles. The molecule has 2 N–H and O–H groups in total. The van der Waals surface area contributed by atoms with Gasteiger partial charge >= 0.3 is 12.1 Å². The molecule has 1 aliphatic heterocycles. The molecular weight excluding hydrogens is 294 g/mol. The summed E-state index contributed by atoms with van der Waals surface area (Å²) in [6.07, 6.45) is -0.575. The number of nitrogens with zero attached hydrogens (tertiary/aromatic N) is 1. The van der Waals surface area contributed by atoms with Crippen LogP contribution in [0.3, 0.4) is 0 Å². The summed E-state index contributed by atoms with van der Waals surface area (Å²) in [7, 11) is 0. The minimum atomic E-state index is -0.337. The summed E-state index contributed by atoms with van der Waals surface area (Å²) in [5, 5.41) is 5.57. The van der Waals surface area contributed by atoms with Crippen molar-refractivity contribution < 1.29 is 14.3 Å². The zero-order valence-electron chi connectivity index (χ0n) is 14.0. The van der Waals surface area contributed by atoms with Crippen LogP contribution in [0.4, 0.5) is 9.59 Å². The summed E-state index contributed by atoms with van der Waals surface area (Å²) in [4.78, 5) is 25.2. The highest BCUT2D eigenvalue weighted by molar-refractivity contribution is 5.74. The molecule has 0 aliphatic carbocycles. The van der Waals surface area contributed by atoms with Gasteiger partial charge in [0.05, 0.1) is 6.54 Å². The summed E-state index contributed by atoms with van der Waals surface area (Å²) >= 11 is 0. The molecule has 0 bridgehead atoms. The van der Waals surface area contributed by atoms with Crippen molar-refractivity contribution >= 4 is 12.1 Å². The van der Waals surface area contributed by atoms with Gasteiger partial charge in [0.1, 0.15) is 6.10 Å². The Labute approximate surface area is 137 Å².